The van der Waals surface area contributed by atoms with Crippen molar-refractivity contribution in [3.05, 3.63) is 71.5 Å². The highest BCUT2D eigenvalue weighted by Crippen LogP contribution is 2.18. The zero-order valence-electron chi connectivity index (χ0n) is 15.1. The van der Waals surface area contributed by atoms with Crippen molar-refractivity contribution >= 4 is 11.7 Å². The number of anilines is 1. The van der Waals surface area contributed by atoms with E-state index in [0.717, 1.165) is 17.8 Å². The predicted octanol–water partition coefficient (Wildman–Crippen LogP) is 3.12. The first-order valence-electron chi connectivity index (χ1n) is 8.61. The van der Waals surface area contributed by atoms with Gasteiger partial charge in [-0.25, -0.2) is 4.98 Å². The van der Waals surface area contributed by atoms with Crippen LogP contribution in [0.25, 0.3) is 0 Å². The van der Waals surface area contributed by atoms with E-state index < -0.39 is 0 Å². The molecule has 3 heterocycles. The van der Waals surface area contributed by atoms with Crippen molar-refractivity contribution in [3.8, 4) is 5.75 Å². The fourth-order valence-electron chi connectivity index (χ4n) is 2.54. The first-order valence-corrected chi connectivity index (χ1v) is 8.61. The Balaban J connectivity index is 1.73. The number of carbonyl (C=O) groups excluding carboxylic acids is 1. The molecule has 2 N–H and O–H groups in total. The maximum absolute atomic E-state index is 12.6. The normalized spacial score (nSPS) is 16.2. The molecule has 0 spiro atoms. The number of ether oxygens (including phenoxy) is 1. The van der Waals surface area contributed by atoms with Gasteiger partial charge in [0, 0.05) is 23.5 Å². The molecule has 26 heavy (non-hydrogen) atoms. The van der Waals surface area contributed by atoms with Crippen molar-refractivity contribution < 1.29 is 9.53 Å². The van der Waals surface area contributed by atoms with Crippen molar-refractivity contribution in [2.75, 3.05) is 5.32 Å². The molecule has 2 aromatic rings. The fourth-order valence-corrected chi connectivity index (χ4v) is 2.54. The van der Waals surface area contributed by atoms with E-state index in [-0.39, 0.29) is 11.9 Å². The maximum Gasteiger partial charge on any atom is 0.273 e. The fraction of sp³-hybridized carbons (Fsp3) is 0.250. The van der Waals surface area contributed by atoms with Gasteiger partial charge >= 0.3 is 0 Å². The molecule has 2 aromatic heterocycles. The summed E-state index contributed by atoms with van der Waals surface area (Å²) >= 11 is 0. The zero-order valence-corrected chi connectivity index (χ0v) is 15.1. The van der Waals surface area contributed by atoms with Gasteiger partial charge in [0.25, 0.3) is 5.91 Å². The lowest BCUT2D eigenvalue weighted by Crippen LogP contribution is -2.34. The second-order valence-corrected chi connectivity index (χ2v) is 6.12. The number of amides is 1. The van der Waals surface area contributed by atoms with Crippen LogP contribution in [0.3, 0.4) is 0 Å². The Bertz CT molecular complexity index is 856. The SMILES string of the molecule is CCc1cccc(NC(=O)C2=CC(Oc3ccc(C)nc3)=CC(C)N2)n1. The van der Waals surface area contributed by atoms with Gasteiger partial charge in [-0.1, -0.05) is 13.0 Å². The van der Waals surface area contributed by atoms with E-state index in [0.29, 0.717) is 23.0 Å². The summed E-state index contributed by atoms with van der Waals surface area (Å²) in [5.74, 6) is 1.50. The Hall–Kier alpha value is -3.15. The Morgan fingerprint density at radius 3 is 2.88 bits per heavy atom. The van der Waals surface area contributed by atoms with Crippen molar-refractivity contribution in [2.24, 2.45) is 0 Å². The summed E-state index contributed by atoms with van der Waals surface area (Å²) in [5.41, 5.74) is 2.28. The number of pyridine rings is 2. The van der Waals surface area contributed by atoms with Gasteiger partial charge in [-0.2, -0.15) is 0 Å². The van der Waals surface area contributed by atoms with Crippen LogP contribution in [-0.4, -0.2) is 21.9 Å². The number of hydrogen-bond donors (Lipinski definition) is 2. The molecule has 0 radical (unpaired) electrons. The highest BCUT2D eigenvalue weighted by atomic mass is 16.5. The summed E-state index contributed by atoms with van der Waals surface area (Å²) < 4.78 is 5.83. The standard InChI is InChI=1S/C20H22N4O2/c1-4-15-6-5-7-19(23-15)24-20(25)18-11-17(10-14(3)22-18)26-16-9-8-13(2)21-12-16/h5-12,14,22H,4H2,1-3H3,(H,23,24,25). The van der Waals surface area contributed by atoms with Crippen molar-refractivity contribution in [1.82, 2.24) is 15.3 Å². The number of hydrogen-bond acceptors (Lipinski definition) is 5. The topological polar surface area (TPSA) is 76.1 Å². The van der Waals surface area contributed by atoms with E-state index in [1.807, 2.05) is 51.1 Å². The molecule has 6 heteroatoms. The third-order valence-corrected chi connectivity index (χ3v) is 3.86. The highest BCUT2D eigenvalue weighted by Gasteiger charge is 2.18. The first-order chi connectivity index (χ1) is 12.5. The van der Waals surface area contributed by atoms with Crippen molar-refractivity contribution in [3.63, 3.8) is 0 Å². The van der Waals surface area contributed by atoms with Gasteiger partial charge in [0.15, 0.2) is 0 Å². The zero-order chi connectivity index (χ0) is 18.5. The third-order valence-electron chi connectivity index (χ3n) is 3.86. The molecule has 0 aromatic carbocycles. The number of aryl methyl sites for hydroxylation is 2. The summed E-state index contributed by atoms with van der Waals surface area (Å²) in [6.07, 6.45) is 6.06. The van der Waals surface area contributed by atoms with Crippen LogP contribution < -0.4 is 15.4 Å². The quantitative estimate of drug-likeness (QED) is 0.866. The van der Waals surface area contributed by atoms with Crippen molar-refractivity contribution in [2.45, 2.75) is 33.2 Å². The summed E-state index contributed by atoms with van der Waals surface area (Å²) in [4.78, 5) is 21.2. The number of rotatable bonds is 5. The molecular formula is C20H22N4O2. The van der Waals surface area contributed by atoms with Gasteiger partial charge in [0.05, 0.1) is 6.20 Å². The summed E-state index contributed by atoms with van der Waals surface area (Å²) in [6.45, 7) is 5.89. The first kappa shape index (κ1) is 17.7. The highest BCUT2D eigenvalue weighted by molar-refractivity contribution is 6.03. The average Bonchev–Trinajstić information content (AvgIpc) is 2.63. The molecule has 0 saturated carbocycles. The lowest BCUT2D eigenvalue weighted by Gasteiger charge is -2.21. The van der Waals surface area contributed by atoms with Crippen LogP contribution in [0.4, 0.5) is 5.82 Å². The molecule has 0 bridgehead atoms. The van der Waals surface area contributed by atoms with Crippen LogP contribution in [-0.2, 0) is 11.2 Å². The van der Waals surface area contributed by atoms with Crippen LogP contribution in [0.5, 0.6) is 5.75 Å². The molecule has 1 unspecified atom stereocenters. The van der Waals surface area contributed by atoms with E-state index in [9.17, 15) is 4.79 Å². The predicted molar refractivity (Wildman–Crippen MR) is 101 cm³/mol. The number of nitrogens with zero attached hydrogens (tertiary/aromatic N) is 2. The molecule has 1 atom stereocenters. The minimum Gasteiger partial charge on any atom is -0.456 e. The molecule has 0 saturated heterocycles. The van der Waals surface area contributed by atoms with E-state index >= 15 is 0 Å². The number of nitrogens with one attached hydrogen (secondary N) is 2. The van der Waals surface area contributed by atoms with Gasteiger partial charge in [-0.05, 0) is 50.6 Å². The Morgan fingerprint density at radius 1 is 1.31 bits per heavy atom. The molecule has 0 aliphatic carbocycles. The Labute approximate surface area is 153 Å². The van der Waals surface area contributed by atoms with Gasteiger partial charge in [-0.15, -0.1) is 0 Å². The van der Waals surface area contributed by atoms with Gasteiger partial charge in [0.1, 0.15) is 23.0 Å². The van der Waals surface area contributed by atoms with E-state index in [1.165, 1.54) is 0 Å². The van der Waals surface area contributed by atoms with Crippen LogP contribution >= 0.6 is 0 Å². The molecule has 0 fully saturated rings. The second-order valence-electron chi connectivity index (χ2n) is 6.12. The largest absolute Gasteiger partial charge is 0.456 e. The van der Waals surface area contributed by atoms with Gasteiger partial charge in [0.2, 0.25) is 0 Å². The Kier molecular flexibility index (Phi) is 5.31. The third kappa shape index (κ3) is 4.47. The molecule has 1 amide bonds. The van der Waals surface area contributed by atoms with Gasteiger partial charge < -0.3 is 15.4 Å². The minimum absolute atomic E-state index is 0.0379. The maximum atomic E-state index is 12.6. The monoisotopic (exact) mass is 350 g/mol. The average molecular weight is 350 g/mol. The number of dihydropyridines is 1. The number of carbonyl (C=O) groups is 1. The summed E-state index contributed by atoms with van der Waals surface area (Å²) in [6, 6.07) is 9.28. The van der Waals surface area contributed by atoms with Crippen LogP contribution in [0, 0.1) is 6.92 Å². The van der Waals surface area contributed by atoms with Crippen LogP contribution in [0.1, 0.15) is 25.2 Å². The van der Waals surface area contributed by atoms with E-state index in [2.05, 4.69) is 20.6 Å². The Morgan fingerprint density at radius 2 is 2.15 bits per heavy atom. The lowest BCUT2D eigenvalue weighted by atomic mass is 10.1. The molecular weight excluding hydrogens is 328 g/mol. The molecule has 1 aliphatic rings. The molecule has 6 nitrogen and oxygen atoms in total. The minimum atomic E-state index is -0.256. The summed E-state index contributed by atoms with van der Waals surface area (Å²) in [7, 11) is 0. The molecule has 3 rings (SSSR count). The number of aromatic nitrogens is 2. The molecule has 1 aliphatic heterocycles. The number of allylic oxidation sites excluding steroid dienone is 1. The van der Waals surface area contributed by atoms with E-state index in [4.69, 9.17) is 4.74 Å². The van der Waals surface area contributed by atoms with Gasteiger partial charge in [-0.3, -0.25) is 9.78 Å². The van der Waals surface area contributed by atoms with Crippen molar-refractivity contribution in [1.29, 1.82) is 0 Å². The summed E-state index contributed by atoms with van der Waals surface area (Å²) in [5, 5.41) is 5.96. The van der Waals surface area contributed by atoms with Crippen LogP contribution in [0.2, 0.25) is 0 Å². The second kappa shape index (κ2) is 7.82. The van der Waals surface area contributed by atoms with Crippen LogP contribution in [0.15, 0.2) is 60.1 Å². The van der Waals surface area contributed by atoms with E-state index in [1.54, 1.807) is 18.3 Å². The molecule has 134 valence electrons. The lowest BCUT2D eigenvalue weighted by molar-refractivity contribution is -0.113. The smallest absolute Gasteiger partial charge is 0.273 e.